The molecular weight excluding hydrogens is 280 g/mol. The van der Waals surface area contributed by atoms with Crippen LogP contribution in [0.3, 0.4) is 0 Å². The zero-order valence-electron chi connectivity index (χ0n) is 12.3. The van der Waals surface area contributed by atoms with E-state index in [4.69, 9.17) is 15.3 Å². The van der Waals surface area contributed by atoms with Crippen LogP contribution < -0.4 is 0 Å². The Morgan fingerprint density at radius 3 is 2.59 bits per heavy atom. The van der Waals surface area contributed by atoms with Gasteiger partial charge in [0.2, 0.25) is 0 Å². The number of benzene rings is 1. The molecule has 110 valence electrons. The minimum Gasteiger partial charge on any atom is -0.427 e. The first-order valence-corrected chi connectivity index (χ1v) is 6.62. The zero-order chi connectivity index (χ0) is 16.2. The van der Waals surface area contributed by atoms with Gasteiger partial charge in [0.1, 0.15) is 11.9 Å². The van der Waals surface area contributed by atoms with Gasteiger partial charge in [-0.25, -0.2) is 14.3 Å². The van der Waals surface area contributed by atoms with Gasteiger partial charge in [0, 0.05) is 5.56 Å². The first kappa shape index (κ1) is 15.3. The van der Waals surface area contributed by atoms with E-state index in [1.54, 1.807) is 12.1 Å². The van der Waals surface area contributed by atoms with Crippen molar-refractivity contribution in [2.75, 3.05) is 0 Å². The zero-order valence-corrected chi connectivity index (χ0v) is 12.3. The summed E-state index contributed by atoms with van der Waals surface area (Å²) in [4.78, 5) is 16.6. The van der Waals surface area contributed by atoms with E-state index in [1.807, 2.05) is 30.3 Å². The first-order valence-electron chi connectivity index (χ1n) is 6.62. The van der Waals surface area contributed by atoms with Crippen LogP contribution in [-0.2, 0) is 11.2 Å². The Balaban J connectivity index is 2.49. The van der Waals surface area contributed by atoms with Crippen molar-refractivity contribution in [2.24, 2.45) is 0 Å². The molecule has 1 heterocycles. The number of nitrogens with zero attached hydrogens (tertiary/aromatic N) is 4. The molecule has 0 radical (unpaired) electrons. The highest BCUT2D eigenvalue weighted by Crippen LogP contribution is 2.21. The molecule has 1 aromatic carbocycles. The second-order valence-corrected chi connectivity index (χ2v) is 5.10. The number of ether oxygens (including phenoxy) is 1. The van der Waals surface area contributed by atoms with Crippen LogP contribution >= 0.6 is 0 Å². The van der Waals surface area contributed by atoms with Crippen LogP contribution in [0.5, 0.6) is 0 Å². The lowest BCUT2D eigenvalue weighted by molar-refractivity contribution is 0.0778. The number of imidazole rings is 1. The standard InChI is InChI=1S/C16H14N4O2/c1-16(2,11-18)22-15(21)20-13(8-9-17)10-19-14(20)12-6-4-3-5-7-12/h3-7,10H,8H2,1-2H3. The summed E-state index contributed by atoms with van der Waals surface area (Å²) in [7, 11) is 0. The Kier molecular flexibility index (Phi) is 4.24. The number of hydrogen-bond acceptors (Lipinski definition) is 5. The molecule has 0 N–H and O–H groups in total. The van der Waals surface area contributed by atoms with Gasteiger partial charge in [0.25, 0.3) is 0 Å². The van der Waals surface area contributed by atoms with Crippen molar-refractivity contribution in [1.82, 2.24) is 9.55 Å². The molecule has 22 heavy (non-hydrogen) atoms. The maximum absolute atomic E-state index is 12.4. The fourth-order valence-corrected chi connectivity index (χ4v) is 1.87. The van der Waals surface area contributed by atoms with Crippen LogP contribution in [0.2, 0.25) is 0 Å². The van der Waals surface area contributed by atoms with Crippen LogP contribution in [0.1, 0.15) is 19.5 Å². The Morgan fingerprint density at radius 2 is 2.00 bits per heavy atom. The molecule has 0 unspecified atom stereocenters. The number of hydrogen-bond donors (Lipinski definition) is 0. The molecular formula is C16H14N4O2. The summed E-state index contributed by atoms with van der Waals surface area (Å²) in [6.45, 7) is 2.99. The highest BCUT2D eigenvalue weighted by Gasteiger charge is 2.26. The number of nitriles is 2. The van der Waals surface area contributed by atoms with Crippen LogP contribution in [0.25, 0.3) is 11.4 Å². The molecule has 0 atom stereocenters. The van der Waals surface area contributed by atoms with Gasteiger partial charge >= 0.3 is 6.09 Å². The predicted octanol–water partition coefficient (Wildman–Crippen LogP) is 2.90. The molecule has 0 fully saturated rings. The molecule has 6 nitrogen and oxygen atoms in total. The molecule has 0 aliphatic heterocycles. The molecule has 0 bridgehead atoms. The highest BCUT2D eigenvalue weighted by atomic mass is 16.6. The monoisotopic (exact) mass is 294 g/mol. The lowest BCUT2D eigenvalue weighted by Crippen LogP contribution is -2.30. The molecule has 0 saturated heterocycles. The van der Waals surface area contributed by atoms with Crippen LogP contribution in [0.4, 0.5) is 4.79 Å². The van der Waals surface area contributed by atoms with Gasteiger partial charge in [-0.05, 0) is 13.8 Å². The molecule has 2 aromatic rings. The summed E-state index contributed by atoms with van der Waals surface area (Å²) in [6.07, 6.45) is 0.752. The van der Waals surface area contributed by atoms with Gasteiger partial charge in [0.15, 0.2) is 5.60 Å². The van der Waals surface area contributed by atoms with E-state index >= 15 is 0 Å². The second kappa shape index (κ2) is 6.11. The fraction of sp³-hybridized carbons (Fsp3) is 0.250. The third-order valence-electron chi connectivity index (χ3n) is 2.92. The van der Waals surface area contributed by atoms with Crippen molar-refractivity contribution < 1.29 is 9.53 Å². The third kappa shape index (κ3) is 3.13. The van der Waals surface area contributed by atoms with Gasteiger partial charge in [-0.1, -0.05) is 30.3 Å². The second-order valence-electron chi connectivity index (χ2n) is 5.10. The quantitative estimate of drug-likeness (QED) is 0.867. The van der Waals surface area contributed by atoms with Crippen molar-refractivity contribution >= 4 is 6.09 Å². The average molecular weight is 294 g/mol. The maximum atomic E-state index is 12.4. The highest BCUT2D eigenvalue weighted by molar-refractivity contribution is 5.78. The molecule has 2 rings (SSSR count). The molecule has 0 spiro atoms. The number of carbonyl (C=O) groups is 1. The van der Waals surface area contributed by atoms with Gasteiger partial charge < -0.3 is 4.74 Å². The smallest absolute Gasteiger partial charge is 0.421 e. The molecule has 0 saturated carbocycles. The van der Waals surface area contributed by atoms with E-state index in [1.165, 1.54) is 24.6 Å². The summed E-state index contributed by atoms with van der Waals surface area (Å²) < 4.78 is 6.43. The van der Waals surface area contributed by atoms with Gasteiger partial charge in [-0.15, -0.1) is 0 Å². The van der Waals surface area contributed by atoms with Crippen molar-refractivity contribution in [1.29, 1.82) is 10.5 Å². The van der Waals surface area contributed by atoms with Crippen molar-refractivity contribution in [3.63, 3.8) is 0 Å². The minimum atomic E-state index is -1.26. The Labute approximate surface area is 128 Å². The van der Waals surface area contributed by atoms with Crippen molar-refractivity contribution in [3.8, 4) is 23.5 Å². The lowest BCUT2D eigenvalue weighted by atomic mass is 10.2. The minimum absolute atomic E-state index is 0.0158. The summed E-state index contributed by atoms with van der Waals surface area (Å²) in [5.41, 5.74) is -0.127. The normalized spacial score (nSPS) is 10.5. The van der Waals surface area contributed by atoms with E-state index in [0.717, 1.165) is 5.56 Å². The van der Waals surface area contributed by atoms with Gasteiger partial charge in [-0.2, -0.15) is 10.5 Å². The van der Waals surface area contributed by atoms with E-state index in [-0.39, 0.29) is 6.42 Å². The number of carbonyl (C=O) groups excluding carboxylic acids is 1. The van der Waals surface area contributed by atoms with E-state index in [2.05, 4.69) is 4.98 Å². The molecule has 6 heteroatoms. The first-order chi connectivity index (χ1) is 10.5. The van der Waals surface area contributed by atoms with Crippen LogP contribution in [-0.4, -0.2) is 21.2 Å². The maximum Gasteiger partial charge on any atom is 0.421 e. The predicted molar refractivity (Wildman–Crippen MR) is 78.6 cm³/mol. The largest absolute Gasteiger partial charge is 0.427 e. The Morgan fingerprint density at radius 1 is 1.32 bits per heavy atom. The van der Waals surface area contributed by atoms with E-state index in [9.17, 15) is 4.79 Å². The topological polar surface area (TPSA) is 91.7 Å². The Hall–Kier alpha value is -3.12. The Bertz CT molecular complexity index is 764. The van der Waals surface area contributed by atoms with Crippen molar-refractivity contribution in [3.05, 3.63) is 42.2 Å². The molecule has 0 amide bonds. The van der Waals surface area contributed by atoms with Crippen LogP contribution in [0.15, 0.2) is 36.5 Å². The molecule has 0 aliphatic rings. The molecule has 0 aliphatic carbocycles. The molecule has 1 aromatic heterocycles. The van der Waals surface area contributed by atoms with Crippen molar-refractivity contribution in [2.45, 2.75) is 25.9 Å². The summed E-state index contributed by atoms with van der Waals surface area (Å²) in [5.74, 6) is 0.379. The average Bonchev–Trinajstić information content (AvgIpc) is 2.92. The SMILES string of the molecule is CC(C)(C#N)OC(=O)n1c(CC#N)cnc1-c1ccccc1. The lowest BCUT2D eigenvalue weighted by Gasteiger charge is -2.18. The summed E-state index contributed by atoms with van der Waals surface area (Å²) >= 11 is 0. The van der Waals surface area contributed by atoms with Gasteiger partial charge in [-0.3, -0.25) is 0 Å². The number of aromatic nitrogens is 2. The summed E-state index contributed by atoms with van der Waals surface area (Å²) in [6, 6.07) is 13.0. The van der Waals surface area contributed by atoms with E-state index in [0.29, 0.717) is 11.5 Å². The fourth-order valence-electron chi connectivity index (χ4n) is 1.87. The van der Waals surface area contributed by atoms with Crippen LogP contribution in [0, 0.1) is 22.7 Å². The third-order valence-corrected chi connectivity index (χ3v) is 2.92. The van der Waals surface area contributed by atoms with Gasteiger partial charge in [0.05, 0.1) is 24.4 Å². The van der Waals surface area contributed by atoms with E-state index < -0.39 is 11.7 Å². The number of rotatable bonds is 3. The summed E-state index contributed by atoms with van der Waals surface area (Å²) in [5, 5.41) is 17.9.